The van der Waals surface area contributed by atoms with E-state index >= 15 is 0 Å². The lowest BCUT2D eigenvalue weighted by atomic mass is 10.1. The van der Waals surface area contributed by atoms with E-state index < -0.39 is 12.1 Å². The molecule has 1 fully saturated rings. The van der Waals surface area contributed by atoms with Crippen molar-refractivity contribution >= 4 is 17.6 Å². The number of oxime groups is 1. The molecule has 0 aromatic carbocycles. The lowest BCUT2D eigenvalue weighted by Crippen LogP contribution is -2.42. The van der Waals surface area contributed by atoms with E-state index in [4.69, 9.17) is 9.94 Å². The molecule has 0 spiro atoms. The lowest BCUT2D eigenvalue weighted by Gasteiger charge is -2.28. The first-order valence-corrected chi connectivity index (χ1v) is 5.43. The molecular formula is C10H14N2O4. The van der Waals surface area contributed by atoms with Gasteiger partial charge in [-0.25, -0.2) is 4.79 Å². The minimum absolute atomic E-state index is 0.0737. The van der Waals surface area contributed by atoms with Crippen molar-refractivity contribution in [1.29, 1.82) is 0 Å². The fraction of sp³-hybridized carbons (Fsp3) is 0.700. The second-order valence-corrected chi connectivity index (χ2v) is 4.03. The Bertz CT molecular complexity index is 334. The average Bonchev–Trinajstić information content (AvgIpc) is 2.78. The number of hydrogen-bond acceptors (Lipinski definition) is 4. The predicted molar refractivity (Wildman–Crippen MR) is 55.0 cm³/mol. The van der Waals surface area contributed by atoms with E-state index in [1.165, 1.54) is 0 Å². The molecule has 0 aromatic heterocycles. The maximum Gasteiger partial charge on any atom is 0.353 e. The third-order valence-corrected chi connectivity index (χ3v) is 2.86. The molecule has 16 heavy (non-hydrogen) atoms. The van der Waals surface area contributed by atoms with Crippen LogP contribution in [0.2, 0.25) is 0 Å². The Hall–Kier alpha value is -1.59. The smallest absolute Gasteiger partial charge is 0.353 e. The summed E-state index contributed by atoms with van der Waals surface area (Å²) in [6, 6.07) is 0. The van der Waals surface area contributed by atoms with Crippen LogP contribution in [0.25, 0.3) is 0 Å². The van der Waals surface area contributed by atoms with Crippen LogP contribution in [-0.2, 0) is 14.4 Å². The Labute approximate surface area is 92.9 Å². The topological polar surface area (TPSA) is 79.2 Å². The molecule has 0 aliphatic carbocycles. The van der Waals surface area contributed by atoms with Crippen LogP contribution in [0, 0.1) is 0 Å². The number of carbonyl (C=O) groups is 2. The van der Waals surface area contributed by atoms with Gasteiger partial charge in [-0.3, -0.25) is 4.79 Å². The van der Waals surface area contributed by atoms with Gasteiger partial charge < -0.3 is 14.8 Å². The summed E-state index contributed by atoms with van der Waals surface area (Å²) in [5.74, 6) is -1.26. The summed E-state index contributed by atoms with van der Waals surface area (Å²) in [5, 5.41) is 12.1. The zero-order valence-corrected chi connectivity index (χ0v) is 8.89. The number of carboxylic acids is 1. The van der Waals surface area contributed by atoms with Crippen LogP contribution in [0.15, 0.2) is 5.16 Å². The first-order valence-electron chi connectivity index (χ1n) is 5.43. The quantitative estimate of drug-likeness (QED) is 0.730. The van der Waals surface area contributed by atoms with Crippen LogP contribution < -0.4 is 0 Å². The molecule has 0 saturated carbocycles. The zero-order valence-electron chi connectivity index (χ0n) is 8.89. The summed E-state index contributed by atoms with van der Waals surface area (Å²) in [4.78, 5) is 29.1. The van der Waals surface area contributed by atoms with Gasteiger partial charge in [0.2, 0.25) is 6.10 Å². The molecule has 2 heterocycles. The molecule has 0 bridgehead atoms. The van der Waals surface area contributed by atoms with Gasteiger partial charge in [0.25, 0.3) is 5.91 Å². The minimum Gasteiger partial charge on any atom is -0.477 e. The number of rotatable bonds is 2. The van der Waals surface area contributed by atoms with E-state index in [0.717, 1.165) is 32.4 Å². The van der Waals surface area contributed by atoms with Crippen molar-refractivity contribution < 1.29 is 19.5 Å². The van der Waals surface area contributed by atoms with E-state index in [0.29, 0.717) is 0 Å². The largest absolute Gasteiger partial charge is 0.477 e. The molecule has 2 aliphatic rings. The van der Waals surface area contributed by atoms with E-state index in [9.17, 15) is 9.59 Å². The maximum absolute atomic E-state index is 11.9. The molecule has 1 saturated heterocycles. The summed E-state index contributed by atoms with van der Waals surface area (Å²) >= 11 is 0. The van der Waals surface area contributed by atoms with Gasteiger partial charge in [-0.15, -0.1) is 0 Å². The second-order valence-electron chi connectivity index (χ2n) is 4.03. The van der Waals surface area contributed by atoms with Gasteiger partial charge in [0.15, 0.2) is 5.71 Å². The molecule has 0 radical (unpaired) electrons. The summed E-state index contributed by atoms with van der Waals surface area (Å²) < 4.78 is 0. The highest BCUT2D eigenvalue weighted by Crippen LogP contribution is 2.17. The molecule has 1 unspecified atom stereocenters. The molecule has 6 nitrogen and oxygen atoms in total. The first kappa shape index (κ1) is 10.9. The van der Waals surface area contributed by atoms with Gasteiger partial charge in [0.05, 0.1) is 0 Å². The fourth-order valence-electron chi connectivity index (χ4n) is 1.95. The lowest BCUT2D eigenvalue weighted by molar-refractivity contribution is -0.143. The average molecular weight is 226 g/mol. The van der Waals surface area contributed by atoms with Gasteiger partial charge in [0, 0.05) is 19.5 Å². The minimum atomic E-state index is -1.12. The van der Waals surface area contributed by atoms with Crippen molar-refractivity contribution in [2.24, 2.45) is 5.16 Å². The van der Waals surface area contributed by atoms with E-state index in [-0.39, 0.29) is 18.0 Å². The number of likely N-dealkylation sites (tertiary alicyclic amines) is 1. The van der Waals surface area contributed by atoms with E-state index in [2.05, 4.69) is 5.16 Å². The normalized spacial score (nSPS) is 24.9. The van der Waals surface area contributed by atoms with Gasteiger partial charge in [-0.05, 0) is 19.3 Å². The van der Waals surface area contributed by atoms with Gasteiger partial charge in [0.1, 0.15) is 0 Å². The number of carbonyl (C=O) groups excluding carboxylic acids is 1. The van der Waals surface area contributed by atoms with E-state index in [1.54, 1.807) is 4.90 Å². The highest BCUT2D eigenvalue weighted by atomic mass is 16.6. The molecule has 1 amide bonds. The van der Waals surface area contributed by atoms with Crippen molar-refractivity contribution in [3.63, 3.8) is 0 Å². The van der Waals surface area contributed by atoms with Crippen LogP contribution in [0.1, 0.15) is 25.7 Å². The van der Waals surface area contributed by atoms with Crippen molar-refractivity contribution in [3.05, 3.63) is 0 Å². The summed E-state index contributed by atoms with van der Waals surface area (Å²) in [6.07, 6.45) is 2.50. The Morgan fingerprint density at radius 2 is 2.00 bits per heavy atom. The number of aliphatic carboxylic acids is 1. The van der Waals surface area contributed by atoms with Crippen LogP contribution in [0.3, 0.4) is 0 Å². The fourth-order valence-corrected chi connectivity index (χ4v) is 1.95. The molecule has 0 aromatic rings. The summed E-state index contributed by atoms with van der Waals surface area (Å²) in [6.45, 7) is 1.47. The van der Waals surface area contributed by atoms with Gasteiger partial charge in [-0.1, -0.05) is 5.16 Å². The molecule has 1 atom stereocenters. The van der Waals surface area contributed by atoms with Crippen molar-refractivity contribution in [2.75, 3.05) is 13.1 Å². The zero-order chi connectivity index (χ0) is 11.5. The molecule has 6 heteroatoms. The molecular weight excluding hydrogens is 212 g/mol. The Balaban J connectivity index is 1.90. The monoisotopic (exact) mass is 226 g/mol. The van der Waals surface area contributed by atoms with Crippen LogP contribution in [-0.4, -0.2) is 46.8 Å². The Kier molecular flexibility index (Phi) is 3.07. The third kappa shape index (κ3) is 2.15. The predicted octanol–water partition coefficient (Wildman–Crippen LogP) is 0.228. The van der Waals surface area contributed by atoms with Crippen LogP contribution in [0.5, 0.6) is 0 Å². The second kappa shape index (κ2) is 4.51. The number of hydrogen-bond donors (Lipinski definition) is 1. The van der Waals surface area contributed by atoms with Crippen molar-refractivity contribution in [3.8, 4) is 0 Å². The molecule has 88 valence electrons. The molecule has 2 rings (SSSR count). The third-order valence-electron chi connectivity index (χ3n) is 2.86. The summed E-state index contributed by atoms with van der Waals surface area (Å²) in [7, 11) is 0. The van der Waals surface area contributed by atoms with Gasteiger partial charge >= 0.3 is 5.97 Å². The first-order chi connectivity index (χ1) is 7.68. The number of carboxylic acid groups (broad SMARTS) is 1. The SMILES string of the molecule is O=C(O)C1=NOC(C(=O)N2CCCCC2)C1. The van der Waals surface area contributed by atoms with E-state index in [1.807, 2.05) is 0 Å². The van der Waals surface area contributed by atoms with Crippen molar-refractivity contribution in [2.45, 2.75) is 31.8 Å². The maximum atomic E-state index is 11.9. The highest BCUT2D eigenvalue weighted by molar-refractivity contribution is 6.36. The number of amides is 1. The molecule has 1 N–H and O–H groups in total. The standard InChI is InChI=1S/C10H14N2O4/c13-9(12-4-2-1-3-5-12)8-6-7(10(14)15)11-16-8/h8H,1-6H2,(H,14,15). The Morgan fingerprint density at radius 1 is 1.31 bits per heavy atom. The number of nitrogens with zero attached hydrogens (tertiary/aromatic N) is 2. The van der Waals surface area contributed by atoms with Crippen LogP contribution >= 0.6 is 0 Å². The van der Waals surface area contributed by atoms with Crippen LogP contribution in [0.4, 0.5) is 0 Å². The number of piperidine rings is 1. The summed E-state index contributed by atoms with van der Waals surface area (Å²) in [5.41, 5.74) is -0.0737. The van der Waals surface area contributed by atoms with Gasteiger partial charge in [-0.2, -0.15) is 0 Å². The van der Waals surface area contributed by atoms with Crippen molar-refractivity contribution in [1.82, 2.24) is 4.90 Å². The molecule has 2 aliphatic heterocycles. The Morgan fingerprint density at radius 3 is 2.56 bits per heavy atom. The highest BCUT2D eigenvalue weighted by Gasteiger charge is 2.34.